The van der Waals surface area contributed by atoms with E-state index in [9.17, 15) is 9.59 Å². The van der Waals surface area contributed by atoms with Gasteiger partial charge in [0, 0.05) is 29.1 Å². The Morgan fingerprint density at radius 1 is 1.04 bits per heavy atom. The van der Waals surface area contributed by atoms with Crippen LogP contribution in [0.1, 0.15) is 35.7 Å². The summed E-state index contributed by atoms with van der Waals surface area (Å²) in [6.07, 6.45) is 3.73. The number of aromatic amines is 1. The third-order valence-corrected chi connectivity index (χ3v) is 4.35. The molecule has 3 rings (SSSR count). The Hall–Kier alpha value is -3.08. The molecule has 0 radical (unpaired) electrons. The number of fused-ring (bicyclic) bond motifs is 1. The average Bonchev–Trinajstić information content (AvgIpc) is 3.10. The minimum Gasteiger partial charge on any atom is -0.494 e. The number of H-pyrrole nitrogens is 1. The molecule has 1 heterocycles. The molecule has 5 heteroatoms. The van der Waals surface area contributed by atoms with Crippen LogP contribution in [0.4, 0.5) is 0 Å². The van der Waals surface area contributed by atoms with Crippen molar-refractivity contribution in [2.24, 2.45) is 0 Å². The summed E-state index contributed by atoms with van der Waals surface area (Å²) in [5, 5.41) is 1.18. The third-order valence-electron chi connectivity index (χ3n) is 4.35. The first-order valence-electron chi connectivity index (χ1n) is 9.14. The number of ether oxygens (including phenoxy) is 2. The monoisotopic (exact) mass is 365 g/mol. The summed E-state index contributed by atoms with van der Waals surface area (Å²) in [6, 6.07) is 14.9. The van der Waals surface area contributed by atoms with Crippen LogP contribution in [0.15, 0.2) is 54.7 Å². The van der Waals surface area contributed by atoms with Crippen LogP contribution in [-0.4, -0.2) is 30.0 Å². The van der Waals surface area contributed by atoms with Gasteiger partial charge in [0.15, 0.2) is 12.4 Å². The number of para-hydroxylation sites is 1. The fraction of sp³-hybridized carbons (Fsp3) is 0.273. The van der Waals surface area contributed by atoms with Crippen LogP contribution in [0.2, 0.25) is 0 Å². The Balaban J connectivity index is 1.42. The number of esters is 1. The molecule has 1 N–H and O–H groups in total. The number of aryl methyl sites for hydroxylation is 1. The molecule has 0 amide bonds. The van der Waals surface area contributed by atoms with Gasteiger partial charge in [-0.2, -0.15) is 0 Å². The van der Waals surface area contributed by atoms with Crippen LogP contribution in [0, 0.1) is 0 Å². The first-order chi connectivity index (χ1) is 13.2. The summed E-state index contributed by atoms with van der Waals surface area (Å²) in [6.45, 7) is 2.24. The molecule has 0 aliphatic carbocycles. The quantitative estimate of drug-likeness (QED) is 0.453. The molecule has 27 heavy (non-hydrogen) atoms. The maximum atomic E-state index is 12.1. The van der Waals surface area contributed by atoms with Gasteiger partial charge in [-0.3, -0.25) is 9.59 Å². The zero-order chi connectivity index (χ0) is 19.1. The highest BCUT2D eigenvalue weighted by atomic mass is 16.5. The SMILES string of the molecule is CCOc1ccc(C(=O)COC(=O)CCCc2c[nH]c3ccccc23)cc1. The van der Waals surface area contributed by atoms with E-state index in [1.54, 1.807) is 24.3 Å². The topological polar surface area (TPSA) is 68.4 Å². The van der Waals surface area contributed by atoms with Crippen LogP contribution in [0.3, 0.4) is 0 Å². The van der Waals surface area contributed by atoms with Crippen LogP contribution >= 0.6 is 0 Å². The van der Waals surface area contributed by atoms with Gasteiger partial charge in [-0.05, 0) is 55.7 Å². The third kappa shape index (κ3) is 4.97. The predicted molar refractivity (Wildman–Crippen MR) is 104 cm³/mol. The largest absolute Gasteiger partial charge is 0.494 e. The van der Waals surface area contributed by atoms with Crippen molar-refractivity contribution in [1.29, 1.82) is 0 Å². The number of Topliss-reactive ketones (excluding diaryl/α,β-unsaturated/α-hetero) is 1. The molecule has 0 unspecified atom stereocenters. The number of ketones is 1. The molecule has 5 nitrogen and oxygen atoms in total. The van der Waals surface area contributed by atoms with Gasteiger partial charge < -0.3 is 14.5 Å². The van der Waals surface area contributed by atoms with E-state index in [1.807, 2.05) is 31.3 Å². The number of benzene rings is 2. The van der Waals surface area contributed by atoms with E-state index in [0.29, 0.717) is 24.3 Å². The van der Waals surface area contributed by atoms with E-state index in [-0.39, 0.29) is 24.8 Å². The first-order valence-corrected chi connectivity index (χ1v) is 9.14. The highest BCUT2D eigenvalue weighted by Gasteiger charge is 2.11. The molecule has 0 atom stereocenters. The highest BCUT2D eigenvalue weighted by molar-refractivity contribution is 5.98. The fourth-order valence-corrected chi connectivity index (χ4v) is 2.97. The number of hydrogen-bond donors (Lipinski definition) is 1. The molecule has 0 saturated carbocycles. The molecular formula is C22H23NO4. The van der Waals surface area contributed by atoms with Gasteiger partial charge in [-0.1, -0.05) is 18.2 Å². The zero-order valence-corrected chi connectivity index (χ0v) is 15.4. The minimum atomic E-state index is -0.353. The first kappa shape index (κ1) is 18.7. The van der Waals surface area contributed by atoms with Gasteiger partial charge in [0.2, 0.25) is 0 Å². The van der Waals surface area contributed by atoms with E-state index in [4.69, 9.17) is 9.47 Å². The van der Waals surface area contributed by atoms with Gasteiger partial charge in [0.05, 0.1) is 6.61 Å². The van der Waals surface area contributed by atoms with Crippen molar-refractivity contribution >= 4 is 22.7 Å². The van der Waals surface area contributed by atoms with Crippen LogP contribution in [-0.2, 0) is 16.0 Å². The lowest BCUT2D eigenvalue weighted by atomic mass is 10.1. The summed E-state index contributed by atoms with van der Waals surface area (Å²) >= 11 is 0. The molecular weight excluding hydrogens is 342 g/mol. The Labute approximate surface area is 158 Å². The van der Waals surface area contributed by atoms with Crippen molar-refractivity contribution in [2.45, 2.75) is 26.2 Å². The molecule has 1 aromatic heterocycles. The molecule has 2 aromatic carbocycles. The van der Waals surface area contributed by atoms with Gasteiger partial charge in [0.25, 0.3) is 0 Å². The second-order valence-electron chi connectivity index (χ2n) is 6.25. The van der Waals surface area contributed by atoms with Crippen molar-refractivity contribution in [3.05, 3.63) is 65.9 Å². The van der Waals surface area contributed by atoms with E-state index in [1.165, 1.54) is 10.9 Å². The zero-order valence-electron chi connectivity index (χ0n) is 15.4. The van der Waals surface area contributed by atoms with Crippen molar-refractivity contribution in [2.75, 3.05) is 13.2 Å². The van der Waals surface area contributed by atoms with E-state index in [2.05, 4.69) is 11.1 Å². The second-order valence-corrected chi connectivity index (χ2v) is 6.25. The van der Waals surface area contributed by atoms with E-state index < -0.39 is 0 Å². The average molecular weight is 365 g/mol. The van der Waals surface area contributed by atoms with Gasteiger partial charge in [-0.25, -0.2) is 0 Å². The minimum absolute atomic E-state index is 0.219. The molecule has 0 bridgehead atoms. The van der Waals surface area contributed by atoms with Gasteiger partial charge in [0.1, 0.15) is 5.75 Å². The number of nitrogens with one attached hydrogen (secondary N) is 1. The fourth-order valence-electron chi connectivity index (χ4n) is 2.97. The highest BCUT2D eigenvalue weighted by Crippen LogP contribution is 2.19. The van der Waals surface area contributed by atoms with Crippen molar-refractivity contribution in [3.63, 3.8) is 0 Å². The molecule has 0 saturated heterocycles. The molecule has 0 spiro atoms. The lowest BCUT2D eigenvalue weighted by Gasteiger charge is -2.06. The number of hydrogen-bond acceptors (Lipinski definition) is 4. The molecule has 0 aliphatic heterocycles. The molecule has 140 valence electrons. The molecule has 0 aliphatic rings. The maximum Gasteiger partial charge on any atom is 0.306 e. The van der Waals surface area contributed by atoms with E-state index in [0.717, 1.165) is 11.9 Å². The second kappa shape index (κ2) is 9.03. The Morgan fingerprint density at radius 2 is 1.81 bits per heavy atom. The lowest BCUT2D eigenvalue weighted by molar-refractivity contribution is -0.142. The number of carbonyl (C=O) groups excluding carboxylic acids is 2. The van der Waals surface area contributed by atoms with Crippen LogP contribution in [0.25, 0.3) is 10.9 Å². The van der Waals surface area contributed by atoms with Gasteiger partial charge >= 0.3 is 5.97 Å². The normalized spacial score (nSPS) is 10.7. The molecule has 0 fully saturated rings. The summed E-state index contributed by atoms with van der Waals surface area (Å²) < 4.78 is 10.5. The summed E-state index contributed by atoms with van der Waals surface area (Å²) in [5.41, 5.74) is 2.78. The van der Waals surface area contributed by atoms with Gasteiger partial charge in [-0.15, -0.1) is 0 Å². The van der Waals surface area contributed by atoms with Crippen LogP contribution in [0.5, 0.6) is 5.75 Å². The summed E-state index contributed by atoms with van der Waals surface area (Å²) in [4.78, 5) is 27.2. The summed E-state index contributed by atoms with van der Waals surface area (Å²) in [5.74, 6) is 0.139. The lowest BCUT2D eigenvalue weighted by Crippen LogP contribution is -2.14. The standard InChI is InChI=1S/C22H23NO4/c1-2-26-18-12-10-16(11-13-18)21(24)15-27-22(25)9-5-6-17-14-23-20-8-4-3-7-19(17)20/h3-4,7-8,10-14,23H,2,5-6,9,15H2,1H3. The number of carbonyl (C=O) groups is 2. The number of rotatable bonds is 9. The Kier molecular flexibility index (Phi) is 6.26. The van der Waals surface area contributed by atoms with E-state index >= 15 is 0 Å². The predicted octanol–water partition coefficient (Wildman–Crippen LogP) is 4.32. The summed E-state index contributed by atoms with van der Waals surface area (Å²) in [7, 11) is 0. The number of aromatic nitrogens is 1. The smallest absolute Gasteiger partial charge is 0.306 e. The molecule has 3 aromatic rings. The van der Waals surface area contributed by atoms with Crippen molar-refractivity contribution in [1.82, 2.24) is 4.98 Å². The Bertz CT molecular complexity index is 911. The van der Waals surface area contributed by atoms with Crippen molar-refractivity contribution in [3.8, 4) is 5.75 Å². The Morgan fingerprint density at radius 3 is 2.59 bits per heavy atom. The van der Waals surface area contributed by atoms with Crippen molar-refractivity contribution < 1.29 is 19.1 Å². The van der Waals surface area contributed by atoms with Crippen LogP contribution < -0.4 is 4.74 Å². The maximum absolute atomic E-state index is 12.1.